The molecule has 1 aliphatic rings. The van der Waals surface area contributed by atoms with Gasteiger partial charge in [0.25, 0.3) is 0 Å². The summed E-state index contributed by atoms with van der Waals surface area (Å²) in [5, 5.41) is 6.84. The fraction of sp³-hybridized carbons (Fsp3) is 0.722. The van der Waals surface area contributed by atoms with Crippen LogP contribution in [0.3, 0.4) is 0 Å². The van der Waals surface area contributed by atoms with E-state index < -0.39 is 0 Å². The number of rotatable bonds is 8. The van der Waals surface area contributed by atoms with Crippen molar-refractivity contribution in [2.24, 2.45) is 10.4 Å². The lowest BCUT2D eigenvalue weighted by molar-refractivity contribution is -0.176. The summed E-state index contributed by atoms with van der Waals surface area (Å²) >= 11 is 0. The first kappa shape index (κ1) is 22.2. The molecular formula is C18H32IN3O3. The fourth-order valence-electron chi connectivity index (χ4n) is 3.03. The van der Waals surface area contributed by atoms with E-state index in [9.17, 15) is 0 Å². The van der Waals surface area contributed by atoms with Crippen LogP contribution in [0.2, 0.25) is 0 Å². The second-order valence-corrected chi connectivity index (χ2v) is 7.04. The Morgan fingerprint density at radius 2 is 2.16 bits per heavy atom. The van der Waals surface area contributed by atoms with Crippen molar-refractivity contribution in [3.63, 3.8) is 0 Å². The number of nitrogens with zero attached hydrogens (tertiary/aromatic N) is 1. The van der Waals surface area contributed by atoms with E-state index in [-0.39, 0.29) is 35.0 Å². The quantitative estimate of drug-likeness (QED) is 0.267. The Hall–Kier alpha value is -0.800. The van der Waals surface area contributed by atoms with Crippen molar-refractivity contribution in [3.05, 3.63) is 24.2 Å². The number of nitrogens with one attached hydrogen (secondary N) is 2. The number of aliphatic imine (C=N–C) groups is 1. The summed E-state index contributed by atoms with van der Waals surface area (Å²) < 4.78 is 16.5. The van der Waals surface area contributed by atoms with E-state index in [0.29, 0.717) is 19.3 Å². The van der Waals surface area contributed by atoms with Crippen molar-refractivity contribution in [2.75, 3.05) is 27.3 Å². The molecule has 2 N–H and O–H groups in total. The molecule has 0 radical (unpaired) electrons. The summed E-state index contributed by atoms with van der Waals surface area (Å²) in [6, 6.07) is 4.13. The van der Waals surface area contributed by atoms with Gasteiger partial charge in [0.2, 0.25) is 0 Å². The lowest BCUT2D eigenvalue weighted by atomic mass is 9.56. The monoisotopic (exact) mass is 465 g/mol. The smallest absolute Gasteiger partial charge is 0.191 e. The Balaban J connectivity index is 0.00000312. The molecule has 0 aromatic carbocycles. The largest absolute Gasteiger partial charge is 0.467 e. The Labute approximate surface area is 168 Å². The molecule has 144 valence electrons. The van der Waals surface area contributed by atoms with E-state index in [1.165, 1.54) is 0 Å². The number of guanidine groups is 1. The van der Waals surface area contributed by atoms with Crippen LogP contribution in [0.4, 0.5) is 0 Å². The maximum absolute atomic E-state index is 5.67. The molecule has 0 spiro atoms. The molecule has 0 aliphatic heterocycles. The van der Waals surface area contributed by atoms with Crippen molar-refractivity contribution in [2.45, 2.75) is 51.9 Å². The first-order valence-electron chi connectivity index (χ1n) is 8.55. The van der Waals surface area contributed by atoms with Gasteiger partial charge in [-0.2, -0.15) is 0 Å². The van der Waals surface area contributed by atoms with Crippen LogP contribution in [0, 0.1) is 5.41 Å². The third-order valence-electron chi connectivity index (χ3n) is 5.40. The van der Waals surface area contributed by atoms with Crippen LogP contribution in [-0.4, -0.2) is 44.9 Å². The zero-order valence-electron chi connectivity index (χ0n) is 15.9. The molecule has 2 atom stereocenters. The van der Waals surface area contributed by atoms with Gasteiger partial charge in [-0.15, -0.1) is 24.0 Å². The van der Waals surface area contributed by atoms with Crippen molar-refractivity contribution in [1.29, 1.82) is 0 Å². The minimum Gasteiger partial charge on any atom is -0.467 e. The predicted molar refractivity (Wildman–Crippen MR) is 110 cm³/mol. The maximum atomic E-state index is 5.67. The first-order chi connectivity index (χ1) is 11.4. The molecule has 0 saturated heterocycles. The molecule has 1 fully saturated rings. The number of hydrogen-bond acceptors (Lipinski definition) is 4. The zero-order valence-corrected chi connectivity index (χ0v) is 18.3. The number of halogens is 1. The van der Waals surface area contributed by atoms with E-state index >= 15 is 0 Å². The van der Waals surface area contributed by atoms with Gasteiger partial charge in [-0.25, -0.2) is 0 Å². The van der Waals surface area contributed by atoms with Crippen molar-refractivity contribution in [3.8, 4) is 0 Å². The van der Waals surface area contributed by atoms with E-state index in [2.05, 4.69) is 36.4 Å². The first-order valence-corrected chi connectivity index (χ1v) is 8.55. The fourth-order valence-corrected chi connectivity index (χ4v) is 3.03. The van der Waals surface area contributed by atoms with Crippen molar-refractivity contribution in [1.82, 2.24) is 10.6 Å². The summed E-state index contributed by atoms with van der Waals surface area (Å²) in [6.45, 7) is 8.64. The lowest BCUT2D eigenvalue weighted by Gasteiger charge is -2.59. The van der Waals surface area contributed by atoms with Gasteiger partial charge >= 0.3 is 0 Å². The van der Waals surface area contributed by atoms with Gasteiger partial charge in [-0.3, -0.25) is 4.99 Å². The van der Waals surface area contributed by atoms with Crippen molar-refractivity contribution < 1.29 is 13.9 Å². The molecule has 1 saturated carbocycles. The Morgan fingerprint density at radius 3 is 2.72 bits per heavy atom. The highest BCUT2D eigenvalue weighted by molar-refractivity contribution is 14.0. The molecule has 0 bridgehead atoms. The minimum atomic E-state index is -0.0801. The van der Waals surface area contributed by atoms with Gasteiger partial charge in [0.05, 0.1) is 11.9 Å². The zero-order chi connectivity index (χ0) is 17.6. The van der Waals surface area contributed by atoms with E-state index in [1.54, 1.807) is 20.4 Å². The van der Waals surface area contributed by atoms with Crippen LogP contribution in [0.1, 0.15) is 39.4 Å². The van der Waals surface area contributed by atoms with Gasteiger partial charge < -0.3 is 24.5 Å². The van der Waals surface area contributed by atoms with Gasteiger partial charge in [0.15, 0.2) is 5.96 Å². The van der Waals surface area contributed by atoms with E-state index in [1.807, 2.05) is 12.1 Å². The van der Waals surface area contributed by atoms with Crippen LogP contribution in [0.5, 0.6) is 0 Å². The molecule has 1 heterocycles. The number of furan rings is 1. The highest BCUT2D eigenvalue weighted by Crippen LogP contribution is 2.51. The summed E-state index contributed by atoms with van der Waals surface area (Å²) in [6.07, 6.45) is 3.54. The number of ether oxygens (including phenoxy) is 2. The minimum absolute atomic E-state index is 0. The summed E-state index contributed by atoms with van der Waals surface area (Å²) in [7, 11) is 3.58. The highest BCUT2D eigenvalue weighted by atomic mass is 127. The molecule has 1 aliphatic carbocycles. The molecule has 0 amide bonds. The van der Waals surface area contributed by atoms with Gasteiger partial charge in [0.1, 0.15) is 12.4 Å². The molecule has 6 nitrogen and oxygen atoms in total. The van der Waals surface area contributed by atoms with E-state index in [4.69, 9.17) is 13.9 Å². The van der Waals surface area contributed by atoms with Crippen LogP contribution in [-0.2, 0) is 16.1 Å². The van der Waals surface area contributed by atoms with Gasteiger partial charge in [-0.05, 0) is 31.9 Å². The lowest BCUT2D eigenvalue weighted by Crippen LogP contribution is -2.69. The molecule has 7 heteroatoms. The summed E-state index contributed by atoms with van der Waals surface area (Å²) in [5.74, 6) is 1.69. The third-order valence-corrected chi connectivity index (χ3v) is 5.40. The number of hydrogen-bond donors (Lipinski definition) is 2. The van der Waals surface area contributed by atoms with Gasteiger partial charge in [0, 0.05) is 38.8 Å². The molecule has 25 heavy (non-hydrogen) atoms. The molecule has 1 aromatic rings. The van der Waals surface area contributed by atoms with E-state index in [0.717, 1.165) is 31.1 Å². The molecule has 1 aromatic heterocycles. The average molecular weight is 465 g/mol. The van der Waals surface area contributed by atoms with Crippen LogP contribution in [0.25, 0.3) is 0 Å². The van der Waals surface area contributed by atoms with Crippen molar-refractivity contribution >= 4 is 29.9 Å². The summed E-state index contributed by atoms with van der Waals surface area (Å²) in [5.41, 5.74) is -0.0191. The van der Waals surface area contributed by atoms with Crippen LogP contribution in [0.15, 0.2) is 27.8 Å². The molecular weight excluding hydrogens is 433 g/mol. The highest BCUT2D eigenvalue weighted by Gasteiger charge is 2.57. The Morgan fingerprint density at radius 1 is 1.40 bits per heavy atom. The molecule has 2 unspecified atom stereocenters. The standard InChI is InChI=1S/C18H31N3O3.HI/c1-17(2)15(12-18(17,3)22-5)21-16(19-4)20-9-7-10-23-13-14-8-6-11-24-14;/h6,8,11,15H,7,9-10,12-13H2,1-5H3,(H2,19,20,21);1H. The second kappa shape index (κ2) is 9.78. The maximum Gasteiger partial charge on any atom is 0.191 e. The Kier molecular flexibility index (Phi) is 8.70. The second-order valence-electron chi connectivity index (χ2n) is 7.04. The van der Waals surface area contributed by atoms with Crippen LogP contribution < -0.4 is 10.6 Å². The van der Waals surface area contributed by atoms with Crippen LogP contribution >= 0.6 is 24.0 Å². The third kappa shape index (κ3) is 5.34. The number of methoxy groups -OCH3 is 1. The predicted octanol–water partition coefficient (Wildman–Crippen LogP) is 3.17. The van der Waals surface area contributed by atoms with Gasteiger partial charge in [-0.1, -0.05) is 13.8 Å². The Bertz CT molecular complexity index is 534. The molecule has 2 rings (SSSR count). The SMILES string of the molecule is CN=C(NCCCOCc1ccco1)NC1CC(C)(OC)C1(C)C.I. The average Bonchev–Trinajstić information content (AvgIpc) is 3.08. The topological polar surface area (TPSA) is 68.0 Å². The summed E-state index contributed by atoms with van der Waals surface area (Å²) in [4.78, 5) is 4.31. The normalized spacial score (nSPS) is 25.0.